The highest BCUT2D eigenvalue weighted by atomic mass is 16.5. The molecular weight excluding hydrogens is 382 g/mol. The zero-order valence-electron chi connectivity index (χ0n) is 17.9. The lowest BCUT2D eigenvalue weighted by Crippen LogP contribution is -2.34. The van der Waals surface area contributed by atoms with Gasteiger partial charge in [0.2, 0.25) is 6.41 Å². The van der Waals surface area contributed by atoms with Gasteiger partial charge in [0.05, 0.1) is 6.61 Å². The molecule has 0 fully saturated rings. The van der Waals surface area contributed by atoms with Crippen molar-refractivity contribution in [3.63, 3.8) is 0 Å². The monoisotopic (exact) mass is 413 g/mol. The van der Waals surface area contributed by atoms with Crippen LogP contribution in [0.4, 0.5) is 0 Å². The van der Waals surface area contributed by atoms with Crippen LogP contribution in [0.25, 0.3) is 0 Å². The third-order valence-electron chi connectivity index (χ3n) is 4.77. The van der Waals surface area contributed by atoms with Crippen molar-refractivity contribution in [1.29, 1.82) is 0 Å². The van der Waals surface area contributed by atoms with Crippen LogP contribution in [0, 0.1) is 5.92 Å². The Hall–Kier alpha value is -2.86. The summed E-state index contributed by atoms with van der Waals surface area (Å²) in [5.41, 5.74) is 2.28. The summed E-state index contributed by atoms with van der Waals surface area (Å²) < 4.78 is 16.4. The average Bonchev–Trinajstić information content (AvgIpc) is 2.75. The molecule has 2 aromatic rings. The molecule has 6 nitrogen and oxygen atoms in total. The fraction of sp³-hybridized carbons (Fsp3) is 0.417. The Labute approximate surface area is 178 Å². The molecule has 1 amide bonds. The van der Waals surface area contributed by atoms with E-state index in [9.17, 15) is 9.59 Å². The van der Waals surface area contributed by atoms with Crippen LogP contribution in [-0.4, -0.2) is 38.7 Å². The first-order chi connectivity index (χ1) is 14.5. The van der Waals surface area contributed by atoms with Gasteiger partial charge in [0.15, 0.2) is 0 Å². The number of carbonyl (C=O) groups is 2. The lowest BCUT2D eigenvalue weighted by atomic mass is 9.95. The Bertz CT molecular complexity index is 791. The van der Waals surface area contributed by atoms with Gasteiger partial charge in [-0.3, -0.25) is 4.79 Å². The molecular formula is C24H31NO5. The van der Waals surface area contributed by atoms with Gasteiger partial charge in [-0.2, -0.15) is 0 Å². The van der Waals surface area contributed by atoms with E-state index in [1.165, 1.54) is 0 Å². The van der Waals surface area contributed by atoms with E-state index in [-0.39, 0.29) is 18.6 Å². The predicted octanol–water partition coefficient (Wildman–Crippen LogP) is 3.77. The van der Waals surface area contributed by atoms with Crippen LogP contribution in [0.5, 0.6) is 5.75 Å². The van der Waals surface area contributed by atoms with Crippen LogP contribution in [0.15, 0.2) is 48.5 Å². The highest BCUT2D eigenvalue weighted by molar-refractivity contribution is 5.92. The van der Waals surface area contributed by atoms with Gasteiger partial charge in [0, 0.05) is 26.2 Å². The van der Waals surface area contributed by atoms with E-state index in [1.54, 1.807) is 13.2 Å². The minimum Gasteiger partial charge on any atom is -0.493 e. The SMILES string of the molecule is COCCCOc1cc(CC(NC=O)C(C)C)ccc1C(=O)OCc1ccccc1. The van der Waals surface area contributed by atoms with Crippen molar-refractivity contribution in [2.75, 3.05) is 20.3 Å². The largest absolute Gasteiger partial charge is 0.493 e. The molecule has 1 N–H and O–H groups in total. The van der Waals surface area contributed by atoms with Crippen molar-refractivity contribution in [3.8, 4) is 5.75 Å². The molecule has 0 saturated heterocycles. The number of carbonyl (C=O) groups excluding carboxylic acids is 2. The lowest BCUT2D eigenvalue weighted by Gasteiger charge is -2.21. The van der Waals surface area contributed by atoms with Gasteiger partial charge in [-0.25, -0.2) is 4.79 Å². The molecule has 162 valence electrons. The maximum Gasteiger partial charge on any atom is 0.342 e. The van der Waals surface area contributed by atoms with Crippen molar-refractivity contribution in [3.05, 3.63) is 65.2 Å². The van der Waals surface area contributed by atoms with Gasteiger partial charge in [0.25, 0.3) is 0 Å². The van der Waals surface area contributed by atoms with Gasteiger partial charge >= 0.3 is 5.97 Å². The van der Waals surface area contributed by atoms with Gasteiger partial charge < -0.3 is 19.5 Å². The number of esters is 1. The molecule has 30 heavy (non-hydrogen) atoms. The van der Waals surface area contributed by atoms with E-state index in [1.807, 2.05) is 42.5 Å². The number of hydrogen-bond acceptors (Lipinski definition) is 5. The number of rotatable bonds is 13. The molecule has 0 aliphatic heterocycles. The molecule has 0 aliphatic carbocycles. The molecule has 6 heteroatoms. The number of amides is 1. The summed E-state index contributed by atoms with van der Waals surface area (Å²) in [6, 6.07) is 15.0. The van der Waals surface area contributed by atoms with Crippen LogP contribution in [0.3, 0.4) is 0 Å². The number of benzene rings is 2. The Balaban J connectivity index is 2.15. The first kappa shape index (κ1) is 23.4. The van der Waals surface area contributed by atoms with Crippen LogP contribution >= 0.6 is 0 Å². The highest BCUT2D eigenvalue weighted by Gasteiger charge is 2.18. The predicted molar refractivity (Wildman–Crippen MR) is 116 cm³/mol. The summed E-state index contributed by atoms with van der Waals surface area (Å²) in [5, 5.41) is 2.86. The molecule has 0 spiro atoms. The zero-order valence-corrected chi connectivity index (χ0v) is 17.9. The van der Waals surface area contributed by atoms with E-state index >= 15 is 0 Å². The average molecular weight is 414 g/mol. The van der Waals surface area contributed by atoms with E-state index in [4.69, 9.17) is 14.2 Å². The van der Waals surface area contributed by atoms with Crippen LogP contribution in [0.1, 0.15) is 41.8 Å². The summed E-state index contributed by atoms with van der Waals surface area (Å²) in [6.07, 6.45) is 2.08. The third kappa shape index (κ3) is 7.52. The van der Waals surface area contributed by atoms with Crippen molar-refractivity contribution in [1.82, 2.24) is 5.32 Å². The quantitative estimate of drug-likeness (QED) is 0.307. The Kier molecular flexibility index (Phi) is 9.87. The lowest BCUT2D eigenvalue weighted by molar-refractivity contribution is -0.110. The van der Waals surface area contributed by atoms with Gasteiger partial charge in [0.1, 0.15) is 17.9 Å². The molecule has 2 aromatic carbocycles. The van der Waals surface area contributed by atoms with E-state index in [2.05, 4.69) is 19.2 Å². The molecule has 1 atom stereocenters. The van der Waals surface area contributed by atoms with E-state index in [0.29, 0.717) is 37.4 Å². The third-order valence-corrected chi connectivity index (χ3v) is 4.77. The summed E-state index contributed by atoms with van der Waals surface area (Å²) in [5.74, 6) is 0.325. The normalized spacial score (nSPS) is 11.7. The second-order valence-corrected chi connectivity index (χ2v) is 7.43. The molecule has 0 saturated carbocycles. The summed E-state index contributed by atoms with van der Waals surface area (Å²) >= 11 is 0. The van der Waals surface area contributed by atoms with Crippen LogP contribution < -0.4 is 10.1 Å². The summed E-state index contributed by atoms with van der Waals surface area (Å²) in [4.78, 5) is 23.6. The number of ether oxygens (including phenoxy) is 3. The Morgan fingerprint density at radius 1 is 1.07 bits per heavy atom. The molecule has 0 radical (unpaired) electrons. The topological polar surface area (TPSA) is 73.9 Å². The first-order valence-corrected chi connectivity index (χ1v) is 10.2. The molecule has 0 bridgehead atoms. The van der Waals surface area contributed by atoms with Crippen LogP contribution in [-0.2, 0) is 27.3 Å². The van der Waals surface area contributed by atoms with E-state index in [0.717, 1.165) is 17.5 Å². The standard InChI is InChI=1S/C24H31NO5/c1-18(2)22(25-17-26)14-20-10-11-21(23(15-20)29-13-7-12-28-3)24(27)30-16-19-8-5-4-6-9-19/h4-6,8-11,15,17-18,22H,7,12-14,16H2,1-3H3,(H,25,26). The highest BCUT2D eigenvalue weighted by Crippen LogP contribution is 2.24. The number of nitrogens with one attached hydrogen (secondary N) is 1. The molecule has 0 aromatic heterocycles. The minimum atomic E-state index is -0.432. The van der Waals surface area contributed by atoms with Gasteiger partial charge in [-0.15, -0.1) is 0 Å². The van der Waals surface area contributed by atoms with Gasteiger partial charge in [-0.1, -0.05) is 50.2 Å². The molecule has 0 aliphatic rings. The van der Waals surface area contributed by atoms with Crippen molar-refractivity contribution >= 4 is 12.4 Å². The van der Waals surface area contributed by atoms with Crippen molar-refractivity contribution < 1.29 is 23.8 Å². The minimum absolute atomic E-state index is 0.000256. The number of methoxy groups -OCH3 is 1. The second-order valence-electron chi connectivity index (χ2n) is 7.43. The Morgan fingerprint density at radius 3 is 2.50 bits per heavy atom. The summed E-state index contributed by atoms with van der Waals surface area (Å²) in [6.45, 7) is 5.31. The smallest absolute Gasteiger partial charge is 0.342 e. The second kappa shape index (κ2) is 12.6. The molecule has 0 heterocycles. The number of hydrogen-bond donors (Lipinski definition) is 1. The fourth-order valence-corrected chi connectivity index (χ4v) is 3.00. The maximum absolute atomic E-state index is 12.7. The van der Waals surface area contributed by atoms with Crippen molar-refractivity contribution in [2.24, 2.45) is 5.92 Å². The molecule has 2 rings (SSSR count). The fourth-order valence-electron chi connectivity index (χ4n) is 3.00. The summed E-state index contributed by atoms with van der Waals surface area (Å²) in [7, 11) is 1.64. The first-order valence-electron chi connectivity index (χ1n) is 10.2. The Morgan fingerprint density at radius 2 is 1.83 bits per heavy atom. The van der Waals surface area contributed by atoms with E-state index < -0.39 is 5.97 Å². The van der Waals surface area contributed by atoms with Crippen molar-refractivity contribution in [2.45, 2.75) is 39.3 Å². The molecule has 1 unspecified atom stereocenters. The van der Waals surface area contributed by atoms with Gasteiger partial charge in [-0.05, 0) is 35.6 Å². The van der Waals surface area contributed by atoms with Crippen LogP contribution in [0.2, 0.25) is 0 Å². The zero-order chi connectivity index (χ0) is 21.8. The maximum atomic E-state index is 12.7.